The summed E-state index contributed by atoms with van der Waals surface area (Å²) in [6.07, 6.45) is 5.01. The highest BCUT2D eigenvalue weighted by molar-refractivity contribution is 5.95. The number of rotatable bonds is 7. The Morgan fingerprint density at radius 3 is 2.80 bits per heavy atom. The van der Waals surface area contributed by atoms with Crippen molar-refractivity contribution in [2.24, 2.45) is 5.92 Å². The Kier molecular flexibility index (Phi) is 5.39. The number of aryl methyl sites for hydroxylation is 2. The Hall–Kier alpha value is -3.42. The molecule has 1 aromatic heterocycles. The van der Waals surface area contributed by atoms with Crippen LogP contribution in [0.5, 0.6) is 0 Å². The maximum atomic E-state index is 12.1. The Bertz CT molecular complexity index is 1220. The van der Waals surface area contributed by atoms with E-state index in [9.17, 15) is 9.59 Å². The standard InChI is InChI=1S/C22H25N5O3/c1-14(2)11-27-18-8-5-4-7-17(18)23-19(27)9-6-10-26-12-15-20(24-25-21(15)28)16(13-26)22(29)30-3/h4-5,7-8,12-14H,6,9-11H2,1-3H3,(H,25,28). The molecule has 0 amide bonds. The van der Waals surface area contributed by atoms with E-state index in [1.54, 1.807) is 12.4 Å². The first kappa shape index (κ1) is 19.9. The van der Waals surface area contributed by atoms with Gasteiger partial charge in [0, 0.05) is 31.9 Å². The molecule has 8 heteroatoms. The molecule has 0 fully saturated rings. The van der Waals surface area contributed by atoms with Crippen molar-refractivity contribution in [3.63, 3.8) is 0 Å². The highest BCUT2D eigenvalue weighted by atomic mass is 16.5. The molecule has 0 spiro atoms. The second kappa shape index (κ2) is 8.14. The minimum atomic E-state index is -0.514. The predicted octanol–water partition coefficient (Wildman–Crippen LogP) is 3.10. The molecule has 0 saturated carbocycles. The predicted molar refractivity (Wildman–Crippen MR) is 114 cm³/mol. The zero-order valence-corrected chi connectivity index (χ0v) is 17.4. The van der Waals surface area contributed by atoms with E-state index in [2.05, 4.69) is 34.7 Å². The fourth-order valence-corrected chi connectivity index (χ4v) is 3.78. The fourth-order valence-electron chi connectivity index (χ4n) is 3.78. The number of aromatic amines is 1. The van der Waals surface area contributed by atoms with Gasteiger partial charge < -0.3 is 13.9 Å². The van der Waals surface area contributed by atoms with Crippen LogP contribution in [0.1, 0.15) is 36.5 Å². The topological polar surface area (TPSA) is 94.8 Å². The molecule has 1 N–H and O–H groups in total. The molecule has 0 bridgehead atoms. The molecule has 8 nitrogen and oxygen atoms in total. The molecule has 4 rings (SSSR count). The monoisotopic (exact) mass is 407 g/mol. The molecular weight excluding hydrogens is 382 g/mol. The van der Waals surface area contributed by atoms with Gasteiger partial charge in [-0.25, -0.2) is 14.9 Å². The summed E-state index contributed by atoms with van der Waals surface area (Å²) in [5.74, 6) is 1.05. The number of nitrogens with one attached hydrogen (secondary N) is 1. The van der Waals surface area contributed by atoms with Crippen molar-refractivity contribution >= 4 is 17.0 Å². The van der Waals surface area contributed by atoms with E-state index in [0.29, 0.717) is 23.7 Å². The van der Waals surface area contributed by atoms with Gasteiger partial charge >= 0.3 is 5.97 Å². The maximum Gasteiger partial charge on any atom is 0.341 e. The van der Waals surface area contributed by atoms with Crippen molar-refractivity contribution in [3.8, 4) is 11.3 Å². The Labute approximate surface area is 173 Å². The second-order valence-electron chi connectivity index (χ2n) is 7.84. The number of carbonyl (C=O) groups excluding carboxylic acids is 1. The lowest BCUT2D eigenvalue weighted by Crippen LogP contribution is -2.13. The van der Waals surface area contributed by atoms with Gasteiger partial charge in [0.1, 0.15) is 17.1 Å². The lowest BCUT2D eigenvalue weighted by atomic mass is 10.1. The summed E-state index contributed by atoms with van der Waals surface area (Å²) in [4.78, 5) is 29.0. The van der Waals surface area contributed by atoms with Gasteiger partial charge in [0.05, 0.1) is 23.7 Å². The first-order chi connectivity index (χ1) is 14.5. The minimum Gasteiger partial charge on any atom is -0.465 e. The molecule has 2 aliphatic heterocycles. The number of para-hydroxylation sites is 2. The van der Waals surface area contributed by atoms with E-state index in [1.165, 1.54) is 7.11 Å². The second-order valence-corrected chi connectivity index (χ2v) is 7.84. The molecule has 156 valence electrons. The summed E-state index contributed by atoms with van der Waals surface area (Å²) >= 11 is 0. The number of benzene rings is 1. The number of carbonyl (C=O) groups is 1. The summed E-state index contributed by atoms with van der Waals surface area (Å²) in [5.41, 5.74) is 2.83. The van der Waals surface area contributed by atoms with Crippen LogP contribution >= 0.6 is 0 Å². The quantitative estimate of drug-likeness (QED) is 0.475. The molecule has 3 heterocycles. The summed E-state index contributed by atoms with van der Waals surface area (Å²) in [6.45, 7) is 5.94. The van der Waals surface area contributed by atoms with Crippen LogP contribution < -0.4 is 5.56 Å². The lowest BCUT2D eigenvalue weighted by Gasteiger charge is -2.13. The number of hydrogen-bond acceptors (Lipinski definition) is 5. The van der Waals surface area contributed by atoms with E-state index in [4.69, 9.17) is 9.72 Å². The van der Waals surface area contributed by atoms with Crippen molar-refractivity contribution < 1.29 is 9.53 Å². The van der Waals surface area contributed by atoms with Crippen molar-refractivity contribution in [1.29, 1.82) is 0 Å². The van der Waals surface area contributed by atoms with E-state index in [-0.39, 0.29) is 11.1 Å². The smallest absolute Gasteiger partial charge is 0.341 e. The van der Waals surface area contributed by atoms with E-state index in [0.717, 1.165) is 36.2 Å². The average Bonchev–Trinajstić information content (AvgIpc) is 3.27. The molecule has 0 atom stereocenters. The summed E-state index contributed by atoms with van der Waals surface area (Å²) in [5, 5.41) is 6.36. The number of imidazole rings is 1. The van der Waals surface area contributed by atoms with Crippen molar-refractivity contribution in [2.75, 3.05) is 7.11 Å². The zero-order valence-electron chi connectivity index (χ0n) is 17.4. The number of aromatic nitrogens is 5. The minimum absolute atomic E-state index is 0.278. The molecule has 1 aromatic carbocycles. The number of ether oxygens (including phenoxy) is 1. The van der Waals surface area contributed by atoms with Crippen LogP contribution in [0, 0.1) is 5.92 Å². The Balaban J connectivity index is 1.58. The van der Waals surface area contributed by atoms with Gasteiger partial charge in [-0.3, -0.25) is 4.79 Å². The van der Waals surface area contributed by atoms with Crippen molar-refractivity contribution in [2.45, 2.75) is 39.8 Å². The van der Waals surface area contributed by atoms with Crippen LogP contribution in [0.3, 0.4) is 0 Å². The van der Waals surface area contributed by atoms with Gasteiger partial charge in [-0.1, -0.05) is 26.0 Å². The van der Waals surface area contributed by atoms with Gasteiger partial charge in [0.2, 0.25) is 0 Å². The van der Waals surface area contributed by atoms with Gasteiger partial charge in [-0.15, -0.1) is 0 Å². The van der Waals surface area contributed by atoms with E-state index >= 15 is 0 Å². The molecule has 2 aliphatic rings. The number of fused-ring (bicyclic) bond motifs is 2. The lowest BCUT2D eigenvalue weighted by molar-refractivity contribution is 0.0600. The molecule has 0 radical (unpaired) electrons. The van der Waals surface area contributed by atoms with Crippen molar-refractivity contribution in [1.82, 2.24) is 24.3 Å². The first-order valence-corrected chi connectivity index (χ1v) is 10.1. The van der Waals surface area contributed by atoms with Gasteiger partial charge in [-0.2, -0.15) is 5.10 Å². The summed E-state index contributed by atoms with van der Waals surface area (Å²) in [7, 11) is 1.31. The number of methoxy groups -OCH3 is 1. The van der Waals surface area contributed by atoms with Crippen molar-refractivity contribution in [3.05, 3.63) is 58.4 Å². The molecule has 2 aromatic rings. The largest absolute Gasteiger partial charge is 0.465 e. The van der Waals surface area contributed by atoms with Crippen LogP contribution in [-0.4, -0.2) is 37.4 Å². The van der Waals surface area contributed by atoms with E-state index < -0.39 is 5.97 Å². The van der Waals surface area contributed by atoms with Crippen LogP contribution in [0.4, 0.5) is 0 Å². The molecule has 0 unspecified atom stereocenters. The van der Waals surface area contributed by atoms with Crippen LogP contribution in [0.25, 0.3) is 22.3 Å². The number of pyridine rings is 1. The fraction of sp³-hybridized carbons (Fsp3) is 0.364. The maximum absolute atomic E-state index is 12.1. The number of H-pyrrole nitrogens is 1. The molecule has 0 aliphatic carbocycles. The number of esters is 1. The highest BCUT2D eigenvalue weighted by Gasteiger charge is 2.21. The Morgan fingerprint density at radius 1 is 1.23 bits per heavy atom. The molecule has 30 heavy (non-hydrogen) atoms. The van der Waals surface area contributed by atoms with Gasteiger partial charge in [0.15, 0.2) is 0 Å². The molecule has 0 saturated heterocycles. The number of hydrogen-bond donors (Lipinski definition) is 1. The highest BCUT2D eigenvalue weighted by Crippen LogP contribution is 2.22. The average molecular weight is 407 g/mol. The van der Waals surface area contributed by atoms with Crippen LogP contribution in [-0.2, 0) is 24.2 Å². The van der Waals surface area contributed by atoms with Gasteiger partial charge in [-0.05, 0) is 24.5 Å². The Morgan fingerprint density at radius 2 is 2.03 bits per heavy atom. The van der Waals surface area contributed by atoms with Crippen LogP contribution in [0.15, 0.2) is 41.5 Å². The third kappa shape index (κ3) is 3.72. The summed E-state index contributed by atoms with van der Waals surface area (Å²) in [6, 6.07) is 8.18. The molecular formula is C22H25N5O3. The third-order valence-electron chi connectivity index (χ3n) is 5.12. The summed E-state index contributed by atoms with van der Waals surface area (Å²) < 4.78 is 8.99. The van der Waals surface area contributed by atoms with E-state index in [1.807, 2.05) is 22.8 Å². The zero-order chi connectivity index (χ0) is 21.3. The number of nitrogens with zero attached hydrogens (tertiary/aromatic N) is 4. The SMILES string of the molecule is COC(=O)c1cn(CCCc2nc3ccccc3n2CC(C)C)cc2c(=O)[nH]nc1-2. The van der Waals surface area contributed by atoms with Gasteiger partial charge in [0.25, 0.3) is 5.56 Å². The van der Waals surface area contributed by atoms with Crippen LogP contribution in [0.2, 0.25) is 0 Å². The normalized spacial score (nSPS) is 11.6. The first-order valence-electron chi connectivity index (χ1n) is 10.1. The third-order valence-corrected chi connectivity index (χ3v) is 5.12.